The van der Waals surface area contributed by atoms with Crippen LogP contribution in [0.2, 0.25) is 0 Å². The molecule has 25 heavy (non-hydrogen) atoms. The molecule has 1 heterocycles. The Hall–Kier alpha value is -2.21. The number of carbonyl (C=O) groups is 1. The molecule has 2 unspecified atom stereocenters. The highest BCUT2D eigenvalue weighted by Gasteiger charge is 2.35. The number of hydrogen-bond acceptors (Lipinski definition) is 4. The van der Waals surface area contributed by atoms with Crippen molar-refractivity contribution in [2.45, 2.75) is 25.2 Å². The maximum Gasteiger partial charge on any atom is 0.334 e. The highest BCUT2D eigenvalue weighted by Crippen LogP contribution is 2.19. The third kappa shape index (κ3) is 4.66. The van der Waals surface area contributed by atoms with E-state index < -0.39 is 18.1 Å². The maximum atomic E-state index is 11.4. The van der Waals surface area contributed by atoms with Crippen LogP contribution in [0.4, 0.5) is 0 Å². The molecule has 0 saturated carbocycles. The first kappa shape index (κ1) is 17.6. The molecule has 5 nitrogen and oxygen atoms in total. The van der Waals surface area contributed by atoms with Crippen LogP contribution in [-0.4, -0.2) is 57.8 Å². The van der Waals surface area contributed by atoms with Gasteiger partial charge in [-0.1, -0.05) is 60.7 Å². The van der Waals surface area contributed by atoms with Crippen molar-refractivity contribution >= 4 is 5.97 Å². The first-order chi connectivity index (χ1) is 12.1. The van der Waals surface area contributed by atoms with E-state index in [9.17, 15) is 15.0 Å². The largest absolute Gasteiger partial charge is 0.479 e. The summed E-state index contributed by atoms with van der Waals surface area (Å²) in [5.74, 6) is -1.16. The Kier molecular flexibility index (Phi) is 5.81. The van der Waals surface area contributed by atoms with Crippen molar-refractivity contribution in [2.75, 3.05) is 19.6 Å². The Bertz CT molecular complexity index is 678. The zero-order chi connectivity index (χ0) is 17.6. The summed E-state index contributed by atoms with van der Waals surface area (Å²) in [6.07, 6.45) is -1.39. The SMILES string of the molecule is O=C(O)C(O)C1CN(Cc2ccccc2)CCN1Cc1ccccc1. The molecule has 5 heteroatoms. The van der Waals surface area contributed by atoms with E-state index in [1.165, 1.54) is 5.56 Å². The fraction of sp³-hybridized carbons (Fsp3) is 0.350. The summed E-state index contributed by atoms with van der Waals surface area (Å²) >= 11 is 0. The van der Waals surface area contributed by atoms with Gasteiger partial charge in [-0.25, -0.2) is 4.79 Å². The third-order valence-corrected chi connectivity index (χ3v) is 4.71. The van der Waals surface area contributed by atoms with Crippen molar-refractivity contribution in [3.63, 3.8) is 0 Å². The van der Waals surface area contributed by atoms with E-state index in [1.54, 1.807) is 0 Å². The van der Waals surface area contributed by atoms with Crippen molar-refractivity contribution in [1.82, 2.24) is 9.80 Å². The molecular weight excluding hydrogens is 316 g/mol. The fourth-order valence-corrected chi connectivity index (χ4v) is 3.37. The standard InChI is InChI=1S/C20H24N2O3/c23-19(20(24)25)18-15-21(13-16-7-3-1-4-8-16)11-12-22(18)14-17-9-5-2-6-10-17/h1-10,18-19,23H,11-15H2,(H,24,25). The first-order valence-corrected chi connectivity index (χ1v) is 8.58. The van der Waals surface area contributed by atoms with Crippen molar-refractivity contribution < 1.29 is 15.0 Å². The monoisotopic (exact) mass is 340 g/mol. The van der Waals surface area contributed by atoms with Gasteiger partial charge in [-0.05, 0) is 11.1 Å². The van der Waals surface area contributed by atoms with E-state index in [-0.39, 0.29) is 0 Å². The molecule has 0 bridgehead atoms. The first-order valence-electron chi connectivity index (χ1n) is 8.58. The predicted molar refractivity (Wildman–Crippen MR) is 96.0 cm³/mol. The molecule has 1 aliphatic rings. The van der Waals surface area contributed by atoms with Gasteiger partial charge in [0.05, 0.1) is 6.04 Å². The number of rotatable bonds is 6. The summed E-state index contributed by atoms with van der Waals surface area (Å²) in [6.45, 7) is 3.54. The fourth-order valence-electron chi connectivity index (χ4n) is 3.37. The van der Waals surface area contributed by atoms with Gasteiger partial charge in [0.2, 0.25) is 0 Å². The number of piperazine rings is 1. The lowest BCUT2D eigenvalue weighted by atomic mass is 10.0. The molecule has 2 atom stereocenters. The Morgan fingerprint density at radius 2 is 1.52 bits per heavy atom. The molecule has 0 radical (unpaired) electrons. The summed E-state index contributed by atoms with van der Waals surface area (Å²) in [5, 5.41) is 19.5. The lowest BCUT2D eigenvalue weighted by Crippen LogP contribution is -2.58. The molecule has 1 aliphatic heterocycles. The van der Waals surface area contributed by atoms with Gasteiger partial charge in [-0.15, -0.1) is 0 Å². The summed E-state index contributed by atoms with van der Waals surface area (Å²) in [6, 6.07) is 19.7. The molecule has 1 fully saturated rings. The molecule has 1 saturated heterocycles. The Morgan fingerprint density at radius 1 is 0.960 bits per heavy atom. The zero-order valence-electron chi connectivity index (χ0n) is 14.2. The number of nitrogens with zero attached hydrogens (tertiary/aromatic N) is 2. The van der Waals surface area contributed by atoms with Crippen LogP contribution in [0.1, 0.15) is 11.1 Å². The Balaban J connectivity index is 1.71. The lowest BCUT2D eigenvalue weighted by Gasteiger charge is -2.42. The Morgan fingerprint density at radius 3 is 2.08 bits per heavy atom. The average molecular weight is 340 g/mol. The molecule has 2 N–H and O–H groups in total. The predicted octanol–water partition coefficient (Wildman–Crippen LogP) is 1.82. The quantitative estimate of drug-likeness (QED) is 0.840. The average Bonchev–Trinajstić information content (AvgIpc) is 2.64. The van der Waals surface area contributed by atoms with Gasteiger partial charge in [-0.3, -0.25) is 9.80 Å². The van der Waals surface area contributed by atoms with Gasteiger partial charge in [0.1, 0.15) is 0 Å². The summed E-state index contributed by atoms with van der Waals surface area (Å²) in [7, 11) is 0. The van der Waals surface area contributed by atoms with Crippen molar-refractivity contribution in [3.8, 4) is 0 Å². The number of aliphatic carboxylic acids is 1. The second-order valence-electron chi connectivity index (χ2n) is 6.53. The van der Waals surface area contributed by atoms with Crippen molar-refractivity contribution in [3.05, 3.63) is 71.8 Å². The minimum atomic E-state index is -1.39. The van der Waals surface area contributed by atoms with Gasteiger partial charge in [-0.2, -0.15) is 0 Å². The van der Waals surface area contributed by atoms with E-state index in [1.807, 2.05) is 48.5 Å². The summed E-state index contributed by atoms with van der Waals surface area (Å²) in [5.41, 5.74) is 2.32. The summed E-state index contributed by atoms with van der Waals surface area (Å²) < 4.78 is 0. The lowest BCUT2D eigenvalue weighted by molar-refractivity contribution is -0.152. The van der Waals surface area contributed by atoms with Gasteiger partial charge in [0.25, 0.3) is 0 Å². The maximum absolute atomic E-state index is 11.4. The van der Waals surface area contributed by atoms with Crippen LogP contribution < -0.4 is 0 Å². The molecule has 0 aliphatic carbocycles. The van der Waals surface area contributed by atoms with E-state index >= 15 is 0 Å². The van der Waals surface area contributed by atoms with Gasteiger partial charge >= 0.3 is 5.97 Å². The van der Waals surface area contributed by atoms with Crippen LogP contribution in [-0.2, 0) is 17.9 Å². The topological polar surface area (TPSA) is 64.0 Å². The molecule has 132 valence electrons. The normalized spacial score (nSPS) is 20.3. The van der Waals surface area contributed by atoms with Crippen LogP contribution >= 0.6 is 0 Å². The highest BCUT2D eigenvalue weighted by atomic mass is 16.4. The number of hydrogen-bond donors (Lipinski definition) is 2. The molecule has 0 aromatic heterocycles. The molecule has 2 aromatic carbocycles. The molecule has 3 rings (SSSR count). The van der Waals surface area contributed by atoms with Gasteiger partial charge < -0.3 is 10.2 Å². The van der Waals surface area contributed by atoms with Crippen molar-refractivity contribution in [2.24, 2.45) is 0 Å². The summed E-state index contributed by atoms with van der Waals surface area (Å²) in [4.78, 5) is 15.7. The number of carboxylic acids is 1. The van der Waals surface area contributed by atoms with Crippen LogP contribution in [0.25, 0.3) is 0 Å². The van der Waals surface area contributed by atoms with Crippen LogP contribution in [0.15, 0.2) is 60.7 Å². The highest BCUT2D eigenvalue weighted by molar-refractivity contribution is 5.73. The smallest absolute Gasteiger partial charge is 0.334 e. The molecule has 2 aromatic rings. The van der Waals surface area contributed by atoms with E-state index in [0.717, 1.165) is 25.2 Å². The molecular formula is C20H24N2O3. The molecule has 0 spiro atoms. The number of benzene rings is 2. The van der Waals surface area contributed by atoms with Crippen LogP contribution in [0, 0.1) is 0 Å². The minimum absolute atomic E-state index is 0.421. The number of aliphatic hydroxyl groups is 1. The van der Waals surface area contributed by atoms with Crippen molar-refractivity contribution in [1.29, 1.82) is 0 Å². The van der Waals surface area contributed by atoms with Crippen LogP contribution in [0.5, 0.6) is 0 Å². The van der Waals surface area contributed by atoms with Gasteiger partial charge in [0, 0.05) is 32.7 Å². The van der Waals surface area contributed by atoms with E-state index in [2.05, 4.69) is 21.9 Å². The van der Waals surface area contributed by atoms with Crippen LogP contribution in [0.3, 0.4) is 0 Å². The second-order valence-corrected chi connectivity index (χ2v) is 6.53. The Labute approximate surface area is 148 Å². The van der Waals surface area contributed by atoms with Gasteiger partial charge in [0.15, 0.2) is 6.10 Å². The number of carboxylic acid groups (broad SMARTS) is 1. The molecule has 0 amide bonds. The second kappa shape index (κ2) is 8.25. The zero-order valence-corrected chi connectivity index (χ0v) is 14.2. The van der Waals surface area contributed by atoms with E-state index in [0.29, 0.717) is 13.1 Å². The third-order valence-electron chi connectivity index (χ3n) is 4.71. The van der Waals surface area contributed by atoms with E-state index in [4.69, 9.17) is 0 Å². The number of aliphatic hydroxyl groups excluding tert-OH is 1. The minimum Gasteiger partial charge on any atom is -0.479 e.